The molecule has 1 aliphatic heterocycles. The van der Waals surface area contributed by atoms with Crippen molar-refractivity contribution in [2.45, 2.75) is 19.4 Å². The van der Waals surface area contributed by atoms with E-state index >= 15 is 0 Å². The number of anilines is 1. The highest BCUT2D eigenvalue weighted by Crippen LogP contribution is 2.26. The standard InChI is InChI=1S/C28H23F2N5O2/c29-23-9-7-20(16-24(23)30)17-35-14-4-6-21(28(35)37)27(36)31-11-3-5-19-8-10-25-22(15-19)26(33-18-32-25)34-12-1-2-13-34/h4,6-10,14-16,18H,1-2,11-13,17H2,(H,31,36). The molecule has 1 fully saturated rings. The summed E-state index contributed by atoms with van der Waals surface area (Å²) >= 11 is 0. The first-order valence-corrected chi connectivity index (χ1v) is 11.9. The van der Waals surface area contributed by atoms with E-state index in [4.69, 9.17) is 0 Å². The first-order chi connectivity index (χ1) is 18.0. The summed E-state index contributed by atoms with van der Waals surface area (Å²) in [5.74, 6) is 4.34. The molecule has 186 valence electrons. The smallest absolute Gasteiger partial charge is 0.263 e. The predicted molar refractivity (Wildman–Crippen MR) is 136 cm³/mol. The Kier molecular flexibility index (Phi) is 6.90. The predicted octanol–water partition coefficient (Wildman–Crippen LogP) is 3.50. The van der Waals surface area contributed by atoms with Crippen LogP contribution in [0.1, 0.15) is 34.3 Å². The number of nitrogens with one attached hydrogen (secondary N) is 1. The molecule has 7 nitrogen and oxygen atoms in total. The van der Waals surface area contributed by atoms with Gasteiger partial charge in [-0.15, -0.1) is 0 Å². The Morgan fingerprint density at radius 3 is 2.68 bits per heavy atom. The number of rotatable bonds is 5. The Morgan fingerprint density at radius 2 is 1.86 bits per heavy atom. The number of fused-ring (bicyclic) bond motifs is 1. The molecule has 37 heavy (non-hydrogen) atoms. The molecule has 2 aromatic heterocycles. The number of nitrogens with zero attached hydrogens (tertiary/aromatic N) is 4. The van der Waals surface area contributed by atoms with Crippen LogP contribution in [0.2, 0.25) is 0 Å². The summed E-state index contributed by atoms with van der Waals surface area (Å²) in [6.07, 6.45) is 5.34. The molecule has 0 unspecified atom stereocenters. The highest BCUT2D eigenvalue weighted by atomic mass is 19.2. The van der Waals surface area contributed by atoms with Gasteiger partial charge in [0.15, 0.2) is 11.6 Å². The number of halogens is 2. The average molecular weight is 500 g/mol. The van der Waals surface area contributed by atoms with Crippen LogP contribution in [0.3, 0.4) is 0 Å². The van der Waals surface area contributed by atoms with E-state index < -0.39 is 23.1 Å². The van der Waals surface area contributed by atoms with Crippen LogP contribution in [0.15, 0.2) is 65.8 Å². The van der Waals surface area contributed by atoms with Crippen LogP contribution >= 0.6 is 0 Å². The summed E-state index contributed by atoms with van der Waals surface area (Å²) in [6, 6.07) is 12.1. The van der Waals surface area contributed by atoms with E-state index in [1.165, 1.54) is 22.9 Å². The number of amides is 1. The molecule has 3 heterocycles. The maximum absolute atomic E-state index is 13.5. The van der Waals surface area contributed by atoms with Crippen LogP contribution in [0.5, 0.6) is 0 Å². The summed E-state index contributed by atoms with van der Waals surface area (Å²) in [4.78, 5) is 36.5. The van der Waals surface area contributed by atoms with Crippen molar-refractivity contribution in [3.63, 3.8) is 0 Å². The number of hydrogen-bond acceptors (Lipinski definition) is 5. The van der Waals surface area contributed by atoms with Gasteiger partial charge in [-0.3, -0.25) is 9.59 Å². The summed E-state index contributed by atoms with van der Waals surface area (Å²) in [5, 5.41) is 3.58. The maximum atomic E-state index is 13.5. The van der Waals surface area contributed by atoms with Gasteiger partial charge in [-0.1, -0.05) is 17.9 Å². The fourth-order valence-corrected chi connectivity index (χ4v) is 4.34. The van der Waals surface area contributed by atoms with E-state index in [-0.39, 0.29) is 18.7 Å². The van der Waals surface area contributed by atoms with Gasteiger partial charge in [0.05, 0.1) is 18.6 Å². The SMILES string of the molecule is O=C(NCC#Cc1ccc2ncnc(N3CCCC3)c2c1)c1cccn(Cc2ccc(F)c(F)c2)c1=O. The van der Waals surface area contributed by atoms with Crippen LogP contribution in [-0.4, -0.2) is 40.1 Å². The van der Waals surface area contributed by atoms with Crippen LogP contribution in [0, 0.1) is 23.5 Å². The van der Waals surface area contributed by atoms with Gasteiger partial charge in [0, 0.05) is 30.2 Å². The molecule has 1 amide bonds. The second-order valence-electron chi connectivity index (χ2n) is 8.71. The molecule has 1 N–H and O–H groups in total. The number of pyridine rings is 1. The third kappa shape index (κ3) is 5.33. The highest BCUT2D eigenvalue weighted by Gasteiger charge is 2.17. The first-order valence-electron chi connectivity index (χ1n) is 11.9. The zero-order valence-corrected chi connectivity index (χ0v) is 19.9. The third-order valence-electron chi connectivity index (χ3n) is 6.19. The zero-order valence-electron chi connectivity index (χ0n) is 19.9. The van der Waals surface area contributed by atoms with Crippen molar-refractivity contribution >= 4 is 22.6 Å². The number of hydrogen-bond donors (Lipinski definition) is 1. The Hall–Kier alpha value is -4.58. The average Bonchev–Trinajstić information content (AvgIpc) is 3.44. The largest absolute Gasteiger partial charge is 0.356 e. The topological polar surface area (TPSA) is 80.1 Å². The lowest BCUT2D eigenvalue weighted by molar-refractivity contribution is 0.0956. The first kappa shape index (κ1) is 24.1. The molecule has 0 bridgehead atoms. The lowest BCUT2D eigenvalue weighted by atomic mass is 10.1. The van der Waals surface area contributed by atoms with Crippen molar-refractivity contribution in [3.05, 3.63) is 99.7 Å². The van der Waals surface area contributed by atoms with Crippen molar-refractivity contribution in [2.75, 3.05) is 24.5 Å². The van der Waals surface area contributed by atoms with Crippen LogP contribution in [0.25, 0.3) is 10.9 Å². The van der Waals surface area contributed by atoms with Crippen LogP contribution in [0.4, 0.5) is 14.6 Å². The lowest BCUT2D eigenvalue weighted by Gasteiger charge is -2.17. The molecular weight excluding hydrogens is 476 g/mol. The van der Waals surface area contributed by atoms with Crippen LogP contribution < -0.4 is 15.8 Å². The summed E-state index contributed by atoms with van der Waals surface area (Å²) in [5.41, 5.74) is 1.41. The Morgan fingerprint density at radius 1 is 1.03 bits per heavy atom. The normalized spacial score (nSPS) is 12.9. The van der Waals surface area contributed by atoms with E-state index in [0.717, 1.165) is 60.3 Å². The molecule has 0 aliphatic carbocycles. The molecule has 1 saturated heterocycles. The zero-order chi connectivity index (χ0) is 25.8. The quantitative estimate of drug-likeness (QED) is 0.425. The van der Waals surface area contributed by atoms with Crippen molar-refractivity contribution in [3.8, 4) is 11.8 Å². The van der Waals surface area contributed by atoms with Crippen molar-refractivity contribution in [1.29, 1.82) is 0 Å². The molecule has 2 aromatic carbocycles. The minimum absolute atomic E-state index is 0.00204. The monoisotopic (exact) mass is 499 g/mol. The van der Waals surface area contributed by atoms with Crippen molar-refractivity contribution in [2.24, 2.45) is 0 Å². The van der Waals surface area contributed by atoms with E-state index in [1.807, 2.05) is 18.2 Å². The third-order valence-corrected chi connectivity index (χ3v) is 6.19. The summed E-state index contributed by atoms with van der Waals surface area (Å²) < 4.78 is 27.9. The Labute approximate surface area is 211 Å². The summed E-state index contributed by atoms with van der Waals surface area (Å²) in [7, 11) is 0. The minimum atomic E-state index is -0.996. The lowest BCUT2D eigenvalue weighted by Crippen LogP contribution is -2.33. The van der Waals surface area contributed by atoms with Gasteiger partial charge in [-0.2, -0.15) is 0 Å². The Balaban J connectivity index is 1.27. The second-order valence-corrected chi connectivity index (χ2v) is 8.71. The minimum Gasteiger partial charge on any atom is -0.356 e. The highest BCUT2D eigenvalue weighted by molar-refractivity contribution is 5.94. The molecule has 4 aromatic rings. The van der Waals surface area contributed by atoms with E-state index in [2.05, 4.69) is 32.0 Å². The summed E-state index contributed by atoms with van der Waals surface area (Å²) in [6.45, 7) is 1.98. The fraction of sp³-hybridized carbons (Fsp3) is 0.214. The van der Waals surface area contributed by atoms with Gasteiger partial charge >= 0.3 is 0 Å². The Bertz CT molecular complexity index is 1600. The fourth-order valence-electron chi connectivity index (χ4n) is 4.34. The van der Waals surface area contributed by atoms with Crippen LogP contribution in [-0.2, 0) is 6.54 Å². The van der Waals surface area contributed by atoms with Gasteiger partial charge in [0.1, 0.15) is 17.7 Å². The number of benzene rings is 2. The number of carbonyl (C=O) groups is 1. The molecule has 0 radical (unpaired) electrons. The van der Waals surface area contributed by atoms with Gasteiger partial charge < -0.3 is 14.8 Å². The molecule has 0 atom stereocenters. The van der Waals surface area contributed by atoms with E-state index in [9.17, 15) is 18.4 Å². The van der Waals surface area contributed by atoms with Gasteiger partial charge in [0.2, 0.25) is 0 Å². The second kappa shape index (κ2) is 10.6. The maximum Gasteiger partial charge on any atom is 0.263 e. The van der Waals surface area contributed by atoms with Crippen molar-refractivity contribution in [1.82, 2.24) is 19.9 Å². The van der Waals surface area contributed by atoms with Crippen molar-refractivity contribution < 1.29 is 13.6 Å². The number of carbonyl (C=O) groups excluding carboxylic acids is 1. The molecule has 1 aliphatic rings. The number of aromatic nitrogens is 3. The van der Waals surface area contributed by atoms with Gasteiger partial charge in [-0.25, -0.2) is 18.7 Å². The van der Waals surface area contributed by atoms with Gasteiger partial charge in [-0.05, 0) is 60.9 Å². The van der Waals surface area contributed by atoms with Gasteiger partial charge in [0.25, 0.3) is 11.5 Å². The molecule has 5 rings (SSSR count). The molecule has 0 spiro atoms. The molecule has 9 heteroatoms. The van der Waals surface area contributed by atoms with E-state index in [1.54, 1.807) is 12.4 Å². The molecular formula is C28H23F2N5O2. The molecule has 0 saturated carbocycles. The van der Waals surface area contributed by atoms with E-state index in [0.29, 0.717) is 5.56 Å².